The number of benzene rings is 1. The average Bonchev–Trinajstić information content (AvgIpc) is 2.73. The molecule has 0 amide bonds. The largest absolute Gasteiger partial charge is 0.508 e. The average molecular weight is 232 g/mol. The number of fused-ring (bicyclic) bond motifs is 1. The number of aromatic amines is 1. The zero-order chi connectivity index (χ0) is 11.7. The third-order valence-corrected chi connectivity index (χ3v) is 3.25. The third-order valence-electron chi connectivity index (χ3n) is 3.25. The maximum absolute atomic E-state index is 9.53. The Kier molecular flexibility index (Phi) is 2.74. The highest BCUT2D eigenvalue weighted by Crippen LogP contribution is 2.24. The number of phenolic OH excluding ortho intramolecular Hbond substituents is 1. The number of ether oxygens (including phenoxy) is 1. The Morgan fingerprint density at radius 2 is 2.12 bits per heavy atom. The van der Waals surface area contributed by atoms with Gasteiger partial charge in [0.05, 0.1) is 13.2 Å². The predicted octanol–water partition coefficient (Wildman–Crippen LogP) is 1.71. The third kappa shape index (κ3) is 2.14. The van der Waals surface area contributed by atoms with E-state index in [2.05, 4.69) is 9.88 Å². The van der Waals surface area contributed by atoms with E-state index in [1.54, 1.807) is 6.07 Å². The molecule has 0 radical (unpaired) electrons. The van der Waals surface area contributed by atoms with Crippen molar-refractivity contribution >= 4 is 10.9 Å². The van der Waals surface area contributed by atoms with Crippen LogP contribution in [-0.2, 0) is 11.3 Å². The van der Waals surface area contributed by atoms with Crippen LogP contribution in [-0.4, -0.2) is 41.3 Å². The van der Waals surface area contributed by atoms with Gasteiger partial charge in [0.1, 0.15) is 5.75 Å². The summed E-state index contributed by atoms with van der Waals surface area (Å²) in [4.78, 5) is 5.61. The highest BCUT2D eigenvalue weighted by Gasteiger charge is 2.13. The summed E-state index contributed by atoms with van der Waals surface area (Å²) in [6.07, 6.45) is 2.03. The SMILES string of the molecule is Oc1ccc2[nH]cc(CN3CCOCC3)c2c1. The lowest BCUT2D eigenvalue weighted by Crippen LogP contribution is -2.35. The van der Waals surface area contributed by atoms with Crippen LogP contribution >= 0.6 is 0 Å². The molecule has 1 aromatic carbocycles. The second-order valence-corrected chi connectivity index (χ2v) is 4.43. The maximum atomic E-state index is 9.53. The van der Waals surface area contributed by atoms with Gasteiger partial charge in [-0.2, -0.15) is 0 Å². The van der Waals surface area contributed by atoms with E-state index in [1.165, 1.54) is 5.56 Å². The van der Waals surface area contributed by atoms with Crippen LogP contribution in [0.3, 0.4) is 0 Å². The number of morpholine rings is 1. The van der Waals surface area contributed by atoms with Gasteiger partial charge in [-0.3, -0.25) is 4.90 Å². The molecule has 2 N–H and O–H groups in total. The van der Waals surface area contributed by atoms with Gasteiger partial charge in [0.25, 0.3) is 0 Å². The van der Waals surface area contributed by atoms with Crippen LogP contribution in [0.2, 0.25) is 0 Å². The predicted molar refractivity (Wildman–Crippen MR) is 66.1 cm³/mol. The molecule has 0 saturated carbocycles. The number of aromatic nitrogens is 1. The van der Waals surface area contributed by atoms with Gasteiger partial charge in [-0.1, -0.05) is 0 Å². The minimum absolute atomic E-state index is 0.320. The first kappa shape index (κ1) is 10.6. The smallest absolute Gasteiger partial charge is 0.116 e. The molecule has 1 saturated heterocycles. The van der Waals surface area contributed by atoms with Crippen LogP contribution < -0.4 is 0 Å². The van der Waals surface area contributed by atoms with E-state index in [-0.39, 0.29) is 0 Å². The van der Waals surface area contributed by atoms with Crippen molar-refractivity contribution in [2.24, 2.45) is 0 Å². The molecule has 0 unspecified atom stereocenters. The van der Waals surface area contributed by atoms with E-state index in [1.807, 2.05) is 18.3 Å². The Bertz CT molecular complexity index is 515. The quantitative estimate of drug-likeness (QED) is 0.828. The summed E-state index contributed by atoms with van der Waals surface area (Å²) >= 11 is 0. The van der Waals surface area contributed by atoms with Gasteiger partial charge in [0.15, 0.2) is 0 Å². The molecule has 17 heavy (non-hydrogen) atoms. The standard InChI is InChI=1S/C13H16N2O2/c16-11-1-2-13-12(7-11)10(8-14-13)9-15-3-5-17-6-4-15/h1-2,7-8,14,16H,3-6,9H2. The molecule has 1 aromatic heterocycles. The number of H-pyrrole nitrogens is 1. The van der Waals surface area contributed by atoms with Gasteiger partial charge < -0.3 is 14.8 Å². The lowest BCUT2D eigenvalue weighted by molar-refractivity contribution is 0.0343. The number of nitrogens with one attached hydrogen (secondary N) is 1. The summed E-state index contributed by atoms with van der Waals surface area (Å²) in [6, 6.07) is 5.44. The molecule has 2 aromatic rings. The molecular formula is C13H16N2O2. The molecule has 1 aliphatic heterocycles. The topological polar surface area (TPSA) is 48.5 Å². The van der Waals surface area contributed by atoms with Crippen LogP contribution in [0.4, 0.5) is 0 Å². The minimum atomic E-state index is 0.320. The minimum Gasteiger partial charge on any atom is -0.508 e. The van der Waals surface area contributed by atoms with Crippen LogP contribution in [0, 0.1) is 0 Å². The molecule has 0 spiro atoms. The van der Waals surface area contributed by atoms with Crippen LogP contribution in [0.15, 0.2) is 24.4 Å². The van der Waals surface area contributed by atoms with Crippen molar-refractivity contribution in [2.45, 2.75) is 6.54 Å². The molecule has 0 aliphatic carbocycles. The fourth-order valence-corrected chi connectivity index (χ4v) is 2.30. The summed E-state index contributed by atoms with van der Waals surface area (Å²) in [5.41, 5.74) is 2.31. The molecule has 4 nitrogen and oxygen atoms in total. The molecule has 1 aliphatic rings. The first-order valence-electron chi connectivity index (χ1n) is 5.92. The highest BCUT2D eigenvalue weighted by atomic mass is 16.5. The Hall–Kier alpha value is -1.52. The van der Waals surface area contributed by atoms with E-state index < -0.39 is 0 Å². The number of aromatic hydroxyl groups is 1. The number of rotatable bonds is 2. The van der Waals surface area contributed by atoms with Crippen molar-refractivity contribution in [1.82, 2.24) is 9.88 Å². The summed E-state index contributed by atoms with van der Waals surface area (Å²) < 4.78 is 5.34. The van der Waals surface area contributed by atoms with Gasteiger partial charge in [0.2, 0.25) is 0 Å². The Morgan fingerprint density at radius 1 is 1.29 bits per heavy atom. The molecule has 4 heteroatoms. The lowest BCUT2D eigenvalue weighted by atomic mass is 10.1. The van der Waals surface area contributed by atoms with Gasteiger partial charge in [-0.05, 0) is 23.8 Å². The molecule has 90 valence electrons. The van der Waals surface area contributed by atoms with Crippen LogP contribution in [0.25, 0.3) is 10.9 Å². The molecular weight excluding hydrogens is 216 g/mol. The van der Waals surface area contributed by atoms with Gasteiger partial charge in [0, 0.05) is 36.7 Å². The van der Waals surface area contributed by atoms with Gasteiger partial charge in [-0.15, -0.1) is 0 Å². The zero-order valence-corrected chi connectivity index (χ0v) is 9.65. The molecule has 0 bridgehead atoms. The Balaban J connectivity index is 1.86. The second kappa shape index (κ2) is 4.39. The number of phenols is 1. The van der Waals surface area contributed by atoms with Crippen molar-refractivity contribution in [1.29, 1.82) is 0 Å². The molecule has 2 heterocycles. The molecule has 0 atom stereocenters. The lowest BCUT2D eigenvalue weighted by Gasteiger charge is -2.26. The van der Waals surface area contributed by atoms with E-state index in [9.17, 15) is 5.11 Å². The van der Waals surface area contributed by atoms with Crippen molar-refractivity contribution in [3.63, 3.8) is 0 Å². The van der Waals surface area contributed by atoms with Crippen molar-refractivity contribution < 1.29 is 9.84 Å². The summed E-state index contributed by atoms with van der Waals surface area (Å²) in [6.45, 7) is 4.49. The van der Waals surface area contributed by atoms with E-state index in [0.717, 1.165) is 43.8 Å². The molecule has 1 fully saturated rings. The van der Waals surface area contributed by atoms with Gasteiger partial charge in [-0.25, -0.2) is 0 Å². The second-order valence-electron chi connectivity index (χ2n) is 4.43. The van der Waals surface area contributed by atoms with Gasteiger partial charge >= 0.3 is 0 Å². The maximum Gasteiger partial charge on any atom is 0.116 e. The normalized spacial score (nSPS) is 17.6. The van der Waals surface area contributed by atoms with Crippen LogP contribution in [0.5, 0.6) is 5.75 Å². The zero-order valence-electron chi connectivity index (χ0n) is 9.65. The van der Waals surface area contributed by atoms with Crippen molar-refractivity contribution in [3.05, 3.63) is 30.0 Å². The first-order valence-corrected chi connectivity index (χ1v) is 5.92. The fourth-order valence-electron chi connectivity index (χ4n) is 2.30. The summed E-state index contributed by atoms with van der Waals surface area (Å²) in [7, 11) is 0. The van der Waals surface area contributed by atoms with E-state index in [4.69, 9.17) is 4.74 Å². The fraction of sp³-hybridized carbons (Fsp3) is 0.385. The Labute approximate surface area is 99.8 Å². The monoisotopic (exact) mass is 232 g/mol. The number of hydrogen-bond donors (Lipinski definition) is 2. The van der Waals surface area contributed by atoms with Crippen molar-refractivity contribution in [3.8, 4) is 5.75 Å². The Morgan fingerprint density at radius 3 is 2.94 bits per heavy atom. The van der Waals surface area contributed by atoms with E-state index >= 15 is 0 Å². The first-order chi connectivity index (χ1) is 8.33. The summed E-state index contributed by atoms with van der Waals surface area (Å²) in [5, 5.41) is 10.6. The molecule has 3 rings (SSSR count). The van der Waals surface area contributed by atoms with E-state index in [0.29, 0.717) is 5.75 Å². The van der Waals surface area contributed by atoms with Crippen LogP contribution in [0.1, 0.15) is 5.56 Å². The number of hydrogen-bond acceptors (Lipinski definition) is 3. The highest BCUT2D eigenvalue weighted by molar-refractivity contribution is 5.84. The number of nitrogens with zero attached hydrogens (tertiary/aromatic N) is 1. The van der Waals surface area contributed by atoms with Crippen molar-refractivity contribution in [2.75, 3.05) is 26.3 Å². The summed E-state index contributed by atoms with van der Waals surface area (Å²) in [5.74, 6) is 0.320.